The van der Waals surface area contributed by atoms with Gasteiger partial charge in [-0.2, -0.15) is 0 Å². The zero-order valence-corrected chi connectivity index (χ0v) is 16.0. The Kier molecular flexibility index (Phi) is 6.63. The van der Waals surface area contributed by atoms with Gasteiger partial charge in [-0.25, -0.2) is 9.18 Å². The van der Waals surface area contributed by atoms with Gasteiger partial charge in [0.15, 0.2) is 0 Å². The first-order valence-electron chi connectivity index (χ1n) is 9.67. The molecule has 28 heavy (non-hydrogen) atoms. The Morgan fingerprint density at radius 2 is 1.68 bits per heavy atom. The summed E-state index contributed by atoms with van der Waals surface area (Å²) in [5.74, 6) is -0.420. The van der Waals surface area contributed by atoms with Crippen molar-refractivity contribution < 1.29 is 14.0 Å². The number of rotatable bonds is 5. The Labute approximate surface area is 164 Å². The maximum Gasteiger partial charge on any atom is 0.315 e. The van der Waals surface area contributed by atoms with Crippen LogP contribution in [0.5, 0.6) is 0 Å². The molecule has 6 heteroatoms. The fraction of sp³-hybridized carbons (Fsp3) is 0.364. The molecule has 2 unspecified atom stereocenters. The van der Waals surface area contributed by atoms with Crippen molar-refractivity contribution in [2.24, 2.45) is 0 Å². The highest BCUT2D eigenvalue weighted by Crippen LogP contribution is 2.19. The lowest BCUT2D eigenvalue weighted by Gasteiger charge is -2.32. The van der Waals surface area contributed by atoms with E-state index in [0.717, 1.165) is 36.8 Å². The molecule has 148 valence electrons. The summed E-state index contributed by atoms with van der Waals surface area (Å²) in [5.41, 5.74) is 2.49. The molecular formula is C22H26FN3O2. The summed E-state index contributed by atoms with van der Waals surface area (Å²) in [5, 5.41) is 8.85. The molecule has 1 aliphatic carbocycles. The number of benzene rings is 2. The Bertz CT molecular complexity index is 823. The number of hydrogen-bond donors (Lipinski definition) is 3. The first-order valence-corrected chi connectivity index (χ1v) is 9.67. The average Bonchev–Trinajstić information content (AvgIpc) is 2.69. The molecule has 0 radical (unpaired) electrons. The molecule has 0 saturated heterocycles. The van der Waals surface area contributed by atoms with Crippen LogP contribution in [0.2, 0.25) is 0 Å². The van der Waals surface area contributed by atoms with Crippen LogP contribution in [0, 0.1) is 12.7 Å². The topological polar surface area (TPSA) is 70.2 Å². The van der Waals surface area contributed by atoms with E-state index in [2.05, 4.69) is 16.0 Å². The van der Waals surface area contributed by atoms with Crippen molar-refractivity contribution in [3.8, 4) is 0 Å². The fourth-order valence-electron chi connectivity index (χ4n) is 3.52. The monoisotopic (exact) mass is 383 g/mol. The van der Waals surface area contributed by atoms with E-state index in [4.69, 9.17) is 0 Å². The van der Waals surface area contributed by atoms with E-state index in [9.17, 15) is 14.0 Å². The summed E-state index contributed by atoms with van der Waals surface area (Å²) < 4.78 is 13.0. The van der Waals surface area contributed by atoms with Crippen molar-refractivity contribution in [1.82, 2.24) is 16.0 Å². The summed E-state index contributed by atoms with van der Waals surface area (Å²) >= 11 is 0. The minimum atomic E-state index is -0.303. The maximum atomic E-state index is 13.0. The third-order valence-corrected chi connectivity index (χ3v) is 5.05. The van der Waals surface area contributed by atoms with Crippen LogP contribution in [0.4, 0.5) is 9.18 Å². The largest absolute Gasteiger partial charge is 0.347 e. The van der Waals surface area contributed by atoms with Crippen LogP contribution in [-0.2, 0) is 6.54 Å². The van der Waals surface area contributed by atoms with Gasteiger partial charge in [0, 0.05) is 18.2 Å². The lowest BCUT2D eigenvalue weighted by molar-refractivity contribution is 0.0915. The first-order chi connectivity index (χ1) is 13.5. The molecule has 2 aromatic rings. The van der Waals surface area contributed by atoms with E-state index in [1.165, 1.54) is 12.1 Å². The third-order valence-electron chi connectivity index (χ3n) is 5.05. The van der Waals surface area contributed by atoms with Crippen molar-refractivity contribution in [2.45, 2.75) is 51.2 Å². The van der Waals surface area contributed by atoms with Gasteiger partial charge in [0.25, 0.3) is 5.91 Å². The maximum absolute atomic E-state index is 13.0. The van der Waals surface area contributed by atoms with Gasteiger partial charge >= 0.3 is 6.03 Å². The van der Waals surface area contributed by atoms with Crippen molar-refractivity contribution in [2.75, 3.05) is 0 Å². The number of hydrogen-bond acceptors (Lipinski definition) is 2. The van der Waals surface area contributed by atoms with Gasteiger partial charge in [0.1, 0.15) is 5.82 Å². The smallest absolute Gasteiger partial charge is 0.315 e. The second kappa shape index (κ2) is 9.35. The van der Waals surface area contributed by atoms with Crippen LogP contribution in [0.1, 0.15) is 47.2 Å². The third kappa shape index (κ3) is 5.55. The molecule has 3 rings (SSSR count). The molecule has 0 spiro atoms. The highest BCUT2D eigenvalue weighted by molar-refractivity contribution is 5.94. The van der Waals surface area contributed by atoms with E-state index < -0.39 is 0 Å². The summed E-state index contributed by atoms with van der Waals surface area (Å²) in [6.45, 7) is 2.27. The second-order valence-electron chi connectivity index (χ2n) is 7.29. The lowest BCUT2D eigenvalue weighted by Crippen LogP contribution is -2.55. The number of halogens is 1. The number of amides is 3. The van der Waals surface area contributed by atoms with Crippen LogP contribution in [-0.4, -0.2) is 24.0 Å². The molecule has 2 aromatic carbocycles. The minimum absolute atomic E-state index is 0.0988. The van der Waals surface area contributed by atoms with Gasteiger partial charge < -0.3 is 16.0 Å². The van der Waals surface area contributed by atoms with E-state index in [1.54, 1.807) is 18.2 Å². The number of nitrogens with one attached hydrogen (secondary N) is 3. The lowest BCUT2D eigenvalue weighted by atomic mass is 9.90. The molecule has 1 saturated carbocycles. The Hall–Kier alpha value is -2.89. The average molecular weight is 383 g/mol. The molecule has 0 heterocycles. The van der Waals surface area contributed by atoms with Crippen molar-refractivity contribution in [3.63, 3.8) is 0 Å². The number of urea groups is 1. The standard InChI is InChI=1S/C22H26FN3O2/c1-15-5-4-6-17(13-15)21(27)25-19-7-2-3-8-20(19)26-22(28)24-14-16-9-11-18(23)12-10-16/h4-6,9-13,19-20H,2-3,7-8,14H2,1H3,(H,25,27)(H2,24,26,28). The fourth-order valence-corrected chi connectivity index (χ4v) is 3.52. The molecule has 0 aliphatic heterocycles. The van der Waals surface area contributed by atoms with Crippen molar-refractivity contribution in [1.29, 1.82) is 0 Å². The number of carbonyl (C=O) groups is 2. The molecule has 0 aromatic heterocycles. The van der Waals surface area contributed by atoms with Crippen LogP contribution in [0.25, 0.3) is 0 Å². The van der Waals surface area contributed by atoms with E-state index in [0.29, 0.717) is 12.1 Å². The minimum Gasteiger partial charge on any atom is -0.347 e. The number of carbonyl (C=O) groups excluding carboxylic acids is 2. The van der Waals surface area contributed by atoms with E-state index in [-0.39, 0.29) is 29.8 Å². The normalized spacial score (nSPS) is 18.9. The predicted octanol–water partition coefficient (Wildman–Crippen LogP) is 3.67. The van der Waals surface area contributed by atoms with Crippen LogP contribution in [0.3, 0.4) is 0 Å². The summed E-state index contributed by atoms with van der Waals surface area (Å²) in [7, 11) is 0. The van der Waals surface area contributed by atoms with Gasteiger partial charge in [0.05, 0.1) is 6.04 Å². The molecule has 5 nitrogen and oxygen atoms in total. The number of aryl methyl sites for hydroxylation is 1. The van der Waals surface area contributed by atoms with Gasteiger partial charge in [-0.3, -0.25) is 4.79 Å². The molecule has 3 N–H and O–H groups in total. The Balaban J connectivity index is 1.54. The van der Waals surface area contributed by atoms with Crippen molar-refractivity contribution in [3.05, 3.63) is 71.0 Å². The second-order valence-corrected chi connectivity index (χ2v) is 7.29. The van der Waals surface area contributed by atoms with Gasteiger partial charge in [-0.1, -0.05) is 42.7 Å². The van der Waals surface area contributed by atoms with Gasteiger partial charge in [-0.05, 0) is 49.6 Å². The Morgan fingerprint density at radius 1 is 1.00 bits per heavy atom. The molecule has 2 atom stereocenters. The van der Waals surface area contributed by atoms with Crippen LogP contribution < -0.4 is 16.0 Å². The van der Waals surface area contributed by atoms with Crippen LogP contribution >= 0.6 is 0 Å². The zero-order chi connectivity index (χ0) is 19.9. The highest BCUT2D eigenvalue weighted by Gasteiger charge is 2.28. The molecular weight excluding hydrogens is 357 g/mol. The molecule has 3 amide bonds. The highest BCUT2D eigenvalue weighted by atomic mass is 19.1. The predicted molar refractivity (Wildman–Crippen MR) is 106 cm³/mol. The van der Waals surface area contributed by atoms with Crippen LogP contribution in [0.15, 0.2) is 48.5 Å². The summed E-state index contributed by atoms with van der Waals surface area (Å²) in [4.78, 5) is 24.9. The zero-order valence-electron chi connectivity index (χ0n) is 16.0. The molecule has 0 bridgehead atoms. The van der Waals surface area contributed by atoms with Crippen molar-refractivity contribution >= 4 is 11.9 Å². The van der Waals surface area contributed by atoms with E-state index >= 15 is 0 Å². The van der Waals surface area contributed by atoms with Gasteiger partial charge in [0.2, 0.25) is 0 Å². The van der Waals surface area contributed by atoms with E-state index in [1.807, 2.05) is 25.1 Å². The Morgan fingerprint density at radius 3 is 2.36 bits per heavy atom. The molecule has 1 aliphatic rings. The molecule has 1 fully saturated rings. The summed E-state index contributed by atoms with van der Waals surface area (Å²) in [6.07, 6.45) is 3.69. The SMILES string of the molecule is Cc1cccc(C(=O)NC2CCCCC2NC(=O)NCc2ccc(F)cc2)c1. The summed E-state index contributed by atoms with van der Waals surface area (Å²) in [6, 6.07) is 13.0. The first kappa shape index (κ1) is 19.9. The quantitative estimate of drug-likeness (QED) is 0.737. The van der Waals surface area contributed by atoms with Gasteiger partial charge in [-0.15, -0.1) is 0 Å².